The zero-order chi connectivity index (χ0) is 20.7. The summed E-state index contributed by atoms with van der Waals surface area (Å²) in [6.45, 7) is 0.570. The van der Waals surface area contributed by atoms with Gasteiger partial charge in [-0.2, -0.15) is 16.5 Å². The van der Waals surface area contributed by atoms with E-state index in [1.54, 1.807) is 0 Å². The first-order valence-electron chi connectivity index (χ1n) is 8.79. The van der Waals surface area contributed by atoms with E-state index in [2.05, 4.69) is 15.4 Å². The largest absolute Gasteiger partial charge is 0.354 e. The quantitative estimate of drug-likeness (QED) is 0.543. The van der Waals surface area contributed by atoms with Crippen molar-refractivity contribution in [3.05, 3.63) is 28.2 Å². The Balaban J connectivity index is 2.18. The average molecular weight is 468 g/mol. The Morgan fingerprint density at radius 2 is 2.11 bits per heavy atom. The van der Waals surface area contributed by atoms with E-state index in [0.717, 1.165) is 12.8 Å². The molecule has 2 unspecified atom stereocenters. The normalized spacial score (nSPS) is 18.8. The van der Waals surface area contributed by atoms with Crippen molar-refractivity contribution in [3.63, 3.8) is 0 Å². The summed E-state index contributed by atoms with van der Waals surface area (Å²) in [5, 5.41) is 5.63. The highest BCUT2D eigenvalue weighted by atomic mass is 35.5. The summed E-state index contributed by atoms with van der Waals surface area (Å²) in [5.41, 5.74) is 0. The van der Waals surface area contributed by atoms with Crippen LogP contribution < -0.4 is 15.4 Å². The van der Waals surface area contributed by atoms with E-state index in [1.807, 2.05) is 6.26 Å². The van der Waals surface area contributed by atoms with Gasteiger partial charge in [-0.1, -0.05) is 23.2 Å². The van der Waals surface area contributed by atoms with Crippen molar-refractivity contribution in [2.75, 3.05) is 18.6 Å². The molecule has 1 heterocycles. The summed E-state index contributed by atoms with van der Waals surface area (Å²) < 4.78 is 28.0. The maximum Gasteiger partial charge on any atom is 0.242 e. The molecule has 0 saturated carbocycles. The van der Waals surface area contributed by atoms with Crippen molar-refractivity contribution in [2.45, 2.75) is 42.7 Å². The van der Waals surface area contributed by atoms with Crippen molar-refractivity contribution in [3.8, 4) is 0 Å². The van der Waals surface area contributed by atoms with Crippen molar-refractivity contribution in [1.82, 2.24) is 15.4 Å². The van der Waals surface area contributed by atoms with E-state index >= 15 is 0 Å². The number of halogens is 2. The van der Waals surface area contributed by atoms with Gasteiger partial charge < -0.3 is 10.6 Å². The van der Waals surface area contributed by atoms with Crippen LogP contribution in [0.2, 0.25) is 10.0 Å². The van der Waals surface area contributed by atoms with Crippen molar-refractivity contribution < 1.29 is 18.0 Å². The van der Waals surface area contributed by atoms with Crippen molar-refractivity contribution >= 4 is 56.8 Å². The van der Waals surface area contributed by atoms with Crippen LogP contribution in [0.1, 0.15) is 25.7 Å². The molecular weight excluding hydrogens is 445 g/mol. The highest BCUT2D eigenvalue weighted by Crippen LogP contribution is 2.25. The van der Waals surface area contributed by atoms with Gasteiger partial charge in [0.05, 0.1) is 5.02 Å². The molecule has 1 aromatic rings. The number of thioether (sulfide) groups is 1. The lowest BCUT2D eigenvalue weighted by molar-refractivity contribution is -0.129. The Hall–Kier alpha value is -1.00. The predicted octanol–water partition coefficient (Wildman–Crippen LogP) is 2.18. The zero-order valence-corrected chi connectivity index (χ0v) is 18.5. The molecule has 0 aliphatic carbocycles. The SMILES string of the molecule is CSCCC(NS(=O)(=O)c1cc(Cl)ccc1Cl)C(=O)NC1CCCCNC1=O. The molecule has 1 aliphatic rings. The Bertz CT molecular complexity index is 821. The Labute approximate surface area is 179 Å². The third-order valence-electron chi connectivity index (χ3n) is 4.26. The lowest BCUT2D eigenvalue weighted by atomic mass is 10.1. The molecule has 1 fully saturated rings. The Morgan fingerprint density at radius 1 is 1.36 bits per heavy atom. The van der Waals surface area contributed by atoms with Gasteiger partial charge in [0.15, 0.2) is 0 Å². The number of amides is 2. The third-order valence-corrected chi connectivity index (χ3v) is 7.09. The second-order valence-corrected chi connectivity index (χ2v) is 9.89. The number of hydrogen-bond donors (Lipinski definition) is 3. The zero-order valence-electron chi connectivity index (χ0n) is 15.3. The number of rotatable bonds is 8. The summed E-state index contributed by atoms with van der Waals surface area (Å²) >= 11 is 13.4. The van der Waals surface area contributed by atoms with Crippen molar-refractivity contribution in [2.24, 2.45) is 0 Å². The highest BCUT2D eigenvalue weighted by Gasteiger charge is 2.30. The van der Waals surface area contributed by atoms with Gasteiger partial charge in [-0.15, -0.1) is 0 Å². The van der Waals surface area contributed by atoms with Crippen LogP contribution in [-0.2, 0) is 19.6 Å². The molecule has 2 rings (SSSR count). The number of hydrogen-bond acceptors (Lipinski definition) is 5. The number of carbonyl (C=O) groups is 2. The molecule has 1 aromatic carbocycles. The molecule has 11 heteroatoms. The maximum absolute atomic E-state index is 12.8. The Morgan fingerprint density at radius 3 is 2.82 bits per heavy atom. The molecule has 0 bridgehead atoms. The Kier molecular flexibility index (Phi) is 8.88. The molecule has 7 nitrogen and oxygen atoms in total. The summed E-state index contributed by atoms with van der Waals surface area (Å²) in [6, 6.07) is 2.38. The smallest absolute Gasteiger partial charge is 0.242 e. The minimum atomic E-state index is -4.09. The first-order chi connectivity index (χ1) is 13.2. The fourth-order valence-electron chi connectivity index (χ4n) is 2.76. The number of sulfonamides is 1. The van der Waals surface area contributed by atoms with Crippen LogP contribution in [0.5, 0.6) is 0 Å². The van der Waals surface area contributed by atoms with Crippen LogP contribution in [0.3, 0.4) is 0 Å². The van der Waals surface area contributed by atoms with Crippen LogP contribution in [0, 0.1) is 0 Å². The second kappa shape index (κ2) is 10.7. The van der Waals surface area contributed by atoms with Gasteiger partial charge in [0.1, 0.15) is 17.0 Å². The monoisotopic (exact) mass is 467 g/mol. The molecule has 1 saturated heterocycles. The van der Waals surface area contributed by atoms with E-state index in [1.165, 1.54) is 30.0 Å². The summed E-state index contributed by atoms with van der Waals surface area (Å²) in [4.78, 5) is 24.6. The van der Waals surface area contributed by atoms with Gasteiger partial charge >= 0.3 is 0 Å². The van der Waals surface area contributed by atoms with Crippen molar-refractivity contribution in [1.29, 1.82) is 0 Å². The number of carbonyl (C=O) groups excluding carboxylic acids is 2. The fourth-order valence-corrected chi connectivity index (χ4v) is 5.23. The first kappa shape index (κ1) is 23.3. The van der Waals surface area contributed by atoms with Crippen LogP contribution in [0.15, 0.2) is 23.1 Å². The molecular formula is C17H23Cl2N3O4S2. The van der Waals surface area contributed by atoms with Gasteiger partial charge in [-0.3, -0.25) is 9.59 Å². The minimum Gasteiger partial charge on any atom is -0.354 e. The summed E-state index contributed by atoms with van der Waals surface area (Å²) in [5.74, 6) is -0.242. The second-order valence-electron chi connectivity index (χ2n) is 6.38. The standard InChI is InChI=1S/C17H23Cl2N3O4S2/c1-27-9-7-14(17(24)21-13-4-2-3-8-20-16(13)23)22-28(25,26)15-10-11(18)5-6-12(15)19/h5-6,10,13-14,22H,2-4,7-9H2,1H3,(H,20,23)(H,21,24). The fraction of sp³-hybridized carbons (Fsp3) is 0.529. The lowest BCUT2D eigenvalue weighted by Gasteiger charge is -2.22. The van der Waals surface area contributed by atoms with Gasteiger partial charge in [0.25, 0.3) is 0 Å². The molecule has 3 N–H and O–H groups in total. The van der Waals surface area contributed by atoms with E-state index in [-0.39, 0.29) is 27.3 Å². The topological polar surface area (TPSA) is 104 Å². The van der Waals surface area contributed by atoms with E-state index in [4.69, 9.17) is 23.2 Å². The summed E-state index contributed by atoms with van der Waals surface area (Å²) in [7, 11) is -4.09. The van der Waals surface area contributed by atoms with Crippen LogP contribution in [0.4, 0.5) is 0 Å². The molecule has 156 valence electrons. The van der Waals surface area contributed by atoms with Gasteiger partial charge in [0.2, 0.25) is 21.8 Å². The highest BCUT2D eigenvalue weighted by molar-refractivity contribution is 7.98. The number of benzene rings is 1. The lowest BCUT2D eigenvalue weighted by Crippen LogP contribution is -2.53. The predicted molar refractivity (Wildman–Crippen MR) is 112 cm³/mol. The molecule has 28 heavy (non-hydrogen) atoms. The van der Waals surface area contributed by atoms with Crippen LogP contribution in [0.25, 0.3) is 0 Å². The van der Waals surface area contributed by atoms with Gasteiger partial charge in [-0.05, 0) is 55.9 Å². The molecule has 0 spiro atoms. The average Bonchev–Trinajstić information content (AvgIpc) is 2.85. The number of nitrogens with one attached hydrogen (secondary N) is 3. The molecule has 2 atom stereocenters. The van der Waals surface area contributed by atoms with Crippen LogP contribution in [-0.4, -0.2) is 50.9 Å². The van der Waals surface area contributed by atoms with Crippen LogP contribution >= 0.6 is 35.0 Å². The molecule has 1 aliphatic heterocycles. The first-order valence-corrected chi connectivity index (χ1v) is 12.4. The molecule has 0 radical (unpaired) electrons. The summed E-state index contributed by atoms with van der Waals surface area (Å²) in [6.07, 6.45) is 4.27. The molecule has 0 aromatic heterocycles. The minimum absolute atomic E-state index is 0.00377. The van der Waals surface area contributed by atoms with E-state index < -0.39 is 28.0 Å². The van der Waals surface area contributed by atoms with Gasteiger partial charge in [0, 0.05) is 11.6 Å². The van der Waals surface area contributed by atoms with E-state index in [9.17, 15) is 18.0 Å². The van der Waals surface area contributed by atoms with E-state index in [0.29, 0.717) is 18.7 Å². The molecule has 2 amide bonds. The third kappa shape index (κ3) is 6.52. The van der Waals surface area contributed by atoms with Gasteiger partial charge in [-0.25, -0.2) is 8.42 Å². The maximum atomic E-state index is 12.8.